The van der Waals surface area contributed by atoms with E-state index >= 15 is 0 Å². The number of benzene rings is 1. The van der Waals surface area contributed by atoms with Crippen molar-refractivity contribution in [2.75, 3.05) is 21.2 Å². The van der Waals surface area contributed by atoms with Gasteiger partial charge in [0.2, 0.25) is 0 Å². The first-order valence-electron chi connectivity index (χ1n) is 6.54. The number of carbonyl (C=O) groups is 2. The van der Waals surface area contributed by atoms with Crippen LogP contribution in [0.2, 0.25) is 0 Å². The Hall–Kier alpha value is -2.44. The molecule has 0 bridgehead atoms. The summed E-state index contributed by atoms with van der Waals surface area (Å²) >= 11 is 0. The first-order valence-corrected chi connectivity index (χ1v) is 6.54. The molecule has 0 aliphatic carbocycles. The van der Waals surface area contributed by atoms with Crippen LogP contribution in [0, 0.1) is 11.6 Å². The van der Waals surface area contributed by atoms with E-state index in [0.29, 0.717) is 5.70 Å². The van der Waals surface area contributed by atoms with Crippen molar-refractivity contribution in [1.29, 1.82) is 0 Å². The first kappa shape index (κ1) is 15.9. The summed E-state index contributed by atoms with van der Waals surface area (Å²) < 4.78 is 32.0. The maximum absolute atomic E-state index is 14.1. The van der Waals surface area contributed by atoms with E-state index in [1.807, 2.05) is 0 Å². The maximum atomic E-state index is 14.1. The Morgan fingerprint density at radius 3 is 2.45 bits per heavy atom. The van der Waals surface area contributed by atoms with Crippen LogP contribution in [0.4, 0.5) is 13.6 Å². The van der Waals surface area contributed by atoms with Crippen LogP contribution in [0.15, 0.2) is 29.5 Å². The Kier molecular flexibility index (Phi) is 4.16. The van der Waals surface area contributed by atoms with Gasteiger partial charge < -0.3 is 14.5 Å². The van der Waals surface area contributed by atoms with Crippen molar-refractivity contribution in [3.8, 4) is 0 Å². The number of hydrogen-bond acceptors (Lipinski definition) is 3. The number of halogens is 2. The molecule has 2 amide bonds. The molecule has 0 N–H and O–H groups in total. The van der Waals surface area contributed by atoms with Crippen LogP contribution in [0.1, 0.15) is 18.5 Å². The van der Waals surface area contributed by atoms with Gasteiger partial charge in [-0.2, -0.15) is 0 Å². The molecule has 0 radical (unpaired) electrons. The maximum Gasteiger partial charge on any atom is 0.337 e. The van der Waals surface area contributed by atoms with Crippen molar-refractivity contribution in [2.45, 2.75) is 13.0 Å². The van der Waals surface area contributed by atoms with Gasteiger partial charge in [-0.3, -0.25) is 0 Å². The predicted octanol–water partition coefficient (Wildman–Crippen LogP) is 2.45. The standard InChI is InChI=1S/C15H16F2N2O3/c1-8-12(14(20)22-4)13(19(3)15(21)18(8)2)10-6-5-9(16)7-11(10)17/h5-7,13H,1-4H3/t13-/m0/s1. The topological polar surface area (TPSA) is 49.9 Å². The molecule has 5 nitrogen and oxygen atoms in total. The molecule has 118 valence electrons. The van der Waals surface area contributed by atoms with Gasteiger partial charge in [0.1, 0.15) is 11.6 Å². The Bertz CT molecular complexity index is 673. The molecule has 0 aromatic heterocycles. The zero-order valence-electron chi connectivity index (χ0n) is 12.7. The molecular weight excluding hydrogens is 294 g/mol. The van der Waals surface area contributed by atoms with Gasteiger partial charge in [-0.1, -0.05) is 6.07 Å². The molecule has 1 atom stereocenters. The van der Waals surface area contributed by atoms with Gasteiger partial charge in [0, 0.05) is 31.4 Å². The van der Waals surface area contributed by atoms with Crippen molar-refractivity contribution < 1.29 is 23.1 Å². The fraction of sp³-hybridized carbons (Fsp3) is 0.333. The summed E-state index contributed by atoms with van der Waals surface area (Å²) in [4.78, 5) is 26.8. The van der Waals surface area contributed by atoms with Crippen molar-refractivity contribution in [1.82, 2.24) is 9.80 Å². The summed E-state index contributed by atoms with van der Waals surface area (Å²) in [5.74, 6) is -2.23. The Balaban J connectivity index is 2.68. The van der Waals surface area contributed by atoms with Crippen LogP contribution in [-0.4, -0.2) is 43.0 Å². The summed E-state index contributed by atoms with van der Waals surface area (Å²) in [5, 5.41) is 0. The summed E-state index contributed by atoms with van der Waals surface area (Å²) in [6.45, 7) is 1.57. The number of nitrogens with zero attached hydrogens (tertiary/aromatic N) is 2. The summed E-state index contributed by atoms with van der Waals surface area (Å²) in [5.41, 5.74) is 0.534. The molecule has 0 fully saturated rings. The number of hydrogen-bond donors (Lipinski definition) is 0. The highest BCUT2D eigenvalue weighted by Crippen LogP contribution is 2.37. The lowest BCUT2D eigenvalue weighted by Gasteiger charge is -2.39. The third-order valence-corrected chi connectivity index (χ3v) is 3.80. The molecule has 1 aromatic rings. The lowest BCUT2D eigenvalue weighted by Crippen LogP contribution is -2.47. The highest BCUT2D eigenvalue weighted by atomic mass is 19.1. The van der Waals surface area contributed by atoms with E-state index in [2.05, 4.69) is 0 Å². The average Bonchev–Trinajstić information content (AvgIpc) is 2.48. The number of amides is 2. The Morgan fingerprint density at radius 2 is 1.91 bits per heavy atom. The fourth-order valence-electron chi connectivity index (χ4n) is 2.52. The molecule has 0 saturated carbocycles. The summed E-state index contributed by atoms with van der Waals surface area (Å²) in [7, 11) is 4.16. The first-order chi connectivity index (χ1) is 10.3. The number of allylic oxidation sites excluding steroid dienone is 1. The Morgan fingerprint density at radius 1 is 1.27 bits per heavy atom. The molecule has 22 heavy (non-hydrogen) atoms. The van der Waals surface area contributed by atoms with E-state index in [9.17, 15) is 18.4 Å². The SMILES string of the molecule is COC(=O)C1=C(C)N(C)C(=O)N(C)[C@H]1c1ccc(F)cc1F. The zero-order chi connectivity index (χ0) is 16.6. The molecule has 7 heteroatoms. The number of ether oxygens (including phenoxy) is 1. The highest BCUT2D eigenvalue weighted by Gasteiger charge is 2.40. The van der Waals surface area contributed by atoms with Gasteiger partial charge in [-0.25, -0.2) is 18.4 Å². The summed E-state index contributed by atoms with van der Waals surface area (Å²) in [6, 6.07) is 1.64. The van der Waals surface area contributed by atoms with Gasteiger partial charge >= 0.3 is 12.0 Å². The molecule has 1 aliphatic heterocycles. The van der Waals surface area contributed by atoms with Crippen molar-refractivity contribution >= 4 is 12.0 Å². The molecular formula is C15H16F2N2O3. The molecule has 1 aromatic carbocycles. The quantitative estimate of drug-likeness (QED) is 0.788. The van der Waals surface area contributed by atoms with Gasteiger partial charge in [0.05, 0.1) is 18.7 Å². The second-order valence-electron chi connectivity index (χ2n) is 5.01. The normalized spacial score (nSPS) is 18.8. The number of carbonyl (C=O) groups excluding carboxylic acids is 2. The molecule has 0 unspecified atom stereocenters. The second-order valence-corrected chi connectivity index (χ2v) is 5.01. The molecule has 2 rings (SSSR count). The molecule has 1 aliphatic rings. The van der Waals surface area contributed by atoms with Crippen LogP contribution >= 0.6 is 0 Å². The molecule has 0 saturated heterocycles. The van der Waals surface area contributed by atoms with Crippen LogP contribution in [0.3, 0.4) is 0 Å². The number of esters is 1. The predicted molar refractivity (Wildman–Crippen MR) is 74.7 cm³/mol. The monoisotopic (exact) mass is 310 g/mol. The van der Waals surface area contributed by atoms with E-state index in [-0.39, 0.29) is 11.1 Å². The average molecular weight is 310 g/mol. The number of methoxy groups -OCH3 is 1. The minimum Gasteiger partial charge on any atom is -0.466 e. The molecule has 1 heterocycles. The van der Waals surface area contributed by atoms with Crippen LogP contribution in [-0.2, 0) is 9.53 Å². The zero-order valence-corrected chi connectivity index (χ0v) is 12.7. The van der Waals surface area contributed by atoms with Gasteiger partial charge in [-0.15, -0.1) is 0 Å². The summed E-state index contributed by atoms with van der Waals surface area (Å²) in [6.07, 6.45) is 0. The lowest BCUT2D eigenvalue weighted by atomic mass is 9.93. The highest BCUT2D eigenvalue weighted by molar-refractivity contribution is 5.94. The smallest absolute Gasteiger partial charge is 0.337 e. The van der Waals surface area contributed by atoms with Crippen molar-refractivity contribution in [3.63, 3.8) is 0 Å². The molecule has 0 spiro atoms. The van der Waals surface area contributed by atoms with E-state index in [4.69, 9.17) is 4.74 Å². The van der Waals surface area contributed by atoms with Crippen molar-refractivity contribution in [3.05, 3.63) is 46.7 Å². The number of urea groups is 1. The fourth-order valence-corrected chi connectivity index (χ4v) is 2.52. The van der Waals surface area contributed by atoms with E-state index < -0.39 is 29.7 Å². The van der Waals surface area contributed by atoms with Gasteiger partial charge in [0.25, 0.3) is 0 Å². The largest absolute Gasteiger partial charge is 0.466 e. The van der Waals surface area contributed by atoms with Crippen LogP contribution in [0.25, 0.3) is 0 Å². The van der Waals surface area contributed by atoms with E-state index in [0.717, 1.165) is 12.1 Å². The van der Waals surface area contributed by atoms with E-state index in [1.165, 1.54) is 37.1 Å². The van der Waals surface area contributed by atoms with E-state index in [1.54, 1.807) is 6.92 Å². The minimum absolute atomic E-state index is 0.0325. The van der Waals surface area contributed by atoms with Gasteiger partial charge in [0.15, 0.2) is 0 Å². The lowest BCUT2D eigenvalue weighted by molar-refractivity contribution is -0.137. The second kappa shape index (κ2) is 5.75. The van der Waals surface area contributed by atoms with Gasteiger partial charge in [-0.05, 0) is 13.0 Å². The van der Waals surface area contributed by atoms with Crippen molar-refractivity contribution in [2.24, 2.45) is 0 Å². The van der Waals surface area contributed by atoms with Crippen LogP contribution < -0.4 is 0 Å². The minimum atomic E-state index is -0.975. The number of likely N-dealkylation sites (N-methyl/N-ethyl adjacent to an activating group) is 1. The number of rotatable bonds is 2. The van der Waals surface area contributed by atoms with Crippen LogP contribution in [0.5, 0.6) is 0 Å². The third-order valence-electron chi connectivity index (χ3n) is 3.80. The Labute approximate surface area is 126 Å². The third kappa shape index (κ3) is 2.43.